The van der Waals surface area contributed by atoms with E-state index < -0.39 is 17.1 Å². The maximum absolute atomic E-state index is 12.9. The maximum atomic E-state index is 12.9. The first-order chi connectivity index (χ1) is 16.4. The van der Waals surface area contributed by atoms with E-state index in [1.165, 1.54) is 0 Å². The zero-order valence-corrected chi connectivity index (χ0v) is 20.2. The van der Waals surface area contributed by atoms with Crippen LogP contribution in [-0.2, 0) is 14.3 Å². The number of nitrogens with zero attached hydrogens (tertiary/aromatic N) is 2. The predicted molar refractivity (Wildman–Crippen MR) is 133 cm³/mol. The summed E-state index contributed by atoms with van der Waals surface area (Å²) in [4.78, 5) is 41.5. The number of rotatable bonds is 6. The Labute approximate surface area is 202 Å². The third kappa shape index (κ3) is 5.10. The van der Waals surface area contributed by atoms with Gasteiger partial charge in [0.25, 0.3) is 11.1 Å². The van der Waals surface area contributed by atoms with Gasteiger partial charge in [-0.1, -0.05) is 18.2 Å². The van der Waals surface area contributed by atoms with E-state index in [2.05, 4.69) is 10.2 Å². The summed E-state index contributed by atoms with van der Waals surface area (Å²) < 4.78 is 11.0. The lowest BCUT2D eigenvalue weighted by Gasteiger charge is -2.29. The summed E-state index contributed by atoms with van der Waals surface area (Å²) in [6.07, 6.45) is 1.64. The van der Waals surface area contributed by atoms with Crippen molar-refractivity contribution in [2.45, 2.75) is 13.8 Å². The molecule has 2 fully saturated rings. The Morgan fingerprint density at radius 1 is 1.15 bits per heavy atom. The monoisotopic (exact) mass is 481 g/mol. The molecular formula is C25H27N3O5S. The molecule has 2 aliphatic rings. The highest BCUT2D eigenvalue weighted by molar-refractivity contribution is 8.18. The van der Waals surface area contributed by atoms with Crippen molar-refractivity contribution in [1.82, 2.24) is 4.90 Å². The average molecular weight is 482 g/mol. The summed E-state index contributed by atoms with van der Waals surface area (Å²) in [5, 5.41) is 2.34. The van der Waals surface area contributed by atoms with Gasteiger partial charge in [0.2, 0.25) is 5.91 Å². The van der Waals surface area contributed by atoms with Crippen molar-refractivity contribution in [3.8, 4) is 5.75 Å². The number of carbonyl (C=O) groups excluding carboxylic acids is 3. The van der Waals surface area contributed by atoms with Crippen LogP contribution < -0.4 is 15.0 Å². The average Bonchev–Trinajstić information content (AvgIpc) is 3.09. The molecule has 0 radical (unpaired) electrons. The van der Waals surface area contributed by atoms with Crippen LogP contribution in [-0.4, -0.2) is 61.9 Å². The molecule has 0 aliphatic carbocycles. The number of amides is 3. The molecule has 0 bridgehead atoms. The summed E-state index contributed by atoms with van der Waals surface area (Å²) in [7, 11) is 1.57. The minimum Gasteiger partial charge on any atom is -0.496 e. The molecule has 2 aliphatic heterocycles. The van der Waals surface area contributed by atoms with Crippen molar-refractivity contribution in [3.63, 3.8) is 0 Å². The number of thioether (sulfide) groups is 1. The molecule has 2 saturated heterocycles. The van der Waals surface area contributed by atoms with Gasteiger partial charge in [-0.15, -0.1) is 0 Å². The van der Waals surface area contributed by atoms with Crippen LogP contribution in [0.25, 0.3) is 6.08 Å². The first-order valence-electron chi connectivity index (χ1n) is 11.0. The van der Waals surface area contributed by atoms with E-state index in [-0.39, 0.29) is 11.4 Å². The van der Waals surface area contributed by atoms with Crippen molar-refractivity contribution >= 4 is 46.3 Å². The quantitative estimate of drug-likeness (QED) is 0.628. The van der Waals surface area contributed by atoms with Crippen LogP contribution in [0.15, 0.2) is 41.3 Å². The Kier molecular flexibility index (Phi) is 7.23. The normalized spacial score (nSPS) is 17.4. The highest BCUT2D eigenvalue weighted by atomic mass is 32.2. The van der Waals surface area contributed by atoms with E-state index >= 15 is 0 Å². The number of nitrogens with one attached hydrogen (secondary N) is 1. The Hall–Kier alpha value is -3.30. The van der Waals surface area contributed by atoms with Crippen LogP contribution in [0.5, 0.6) is 5.75 Å². The number of carbonyl (C=O) groups is 3. The number of imide groups is 1. The van der Waals surface area contributed by atoms with Gasteiger partial charge in [0, 0.05) is 36.1 Å². The van der Waals surface area contributed by atoms with Gasteiger partial charge in [0.1, 0.15) is 12.3 Å². The fourth-order valence-electron chi connectivity index (χ4n) is 3.95. The molecule has 178 valence electrons. The third-order valence-corrected chi connectivity index (χ3v) is 6.71. The lowest BCUT2D eigenvalue weighted by molar-refractivity contribution is -0.127. The summed E-state index contributed by atoms with van der Waals surface area (Å²) >= 11 is 0.819. The SMILES string of the molecule is COc1cc(N2CCOCC2)ccc1/C=C1\SC(=O)N(CC(=O)Nc2c(C)cccc2C)C1=O. The minimum atomic E-state index is -0.494. The van der Waals surface area contributed by atoms with Gasteiger partial charge in [0.15, 0.2) is 0 Å². The molecule has 34 heavy (non-hydrogen) atoms. The van der Waals surface area contributed by atoms with E-state index in [4.69, 9.17) is 9.47 Å². The number of para-hydroxylation sites is 1. The van der Waals surface area contributed by atoms with E-state index in [9.17, 15) is 14.4 Å². The number of morpholine rings is 1. The van der Waals surface area contributed by atoms with E-state index in [0.717, 1.165) is 46.6 Å². The molecule has 0 aromatic heterocycles. The number of methoxy groups -OCH3 is 1. The molecule has 2 aromatic carbocycles. The molecule has 0 spiro atoms. The van der Waals surface area contributed by atoms with Crippen LogP contribution >= 0.6 is 11.8 Å². The van der Waals surface area contributed by atoms with Crippen molar-refractivity contribution in [2.75, 3.05) is 50.2 Å². The first-order valence-corrected chi connectivity index (χ1v) is 11.8. The van der Waals surface area contributed by atoms with Gasteiger partial charge < -0.3 is 19.7 Å². The van der Waals surface area contributed by atoms with Gasteiger partial charge >= 0.3 is 0 Å². The van der Waals surface area contributed by atoms with Gasteiger partial charge in [0.05, 0.1) is 25.2 Å². The van der Waals surface area contributed by atoms with Crippen molar-refractivity contribution in [1.29, 1.82) is 0 Å². The van der Waals surface area contributed by atoms with E-state index in [1.54, 1.807) is 13.2 Å². The van der Waals surface area contributed by atoms with Crippen LogP contribution in [0.1, 0.15) is 16.7 Å². The molecule has 0 unspecified atom stereocenters. The summed E-state index contributed by atoms with van der Waals surface area (Å²) in [6, 6.07) is 11.4. The highest BCUT2D eigenvalue weighted by Crippen LogP contribution is 2.35. The molecule has 8 nitrogen and oxygen atoms in total. The van der Waals surface area contributed by atoms with Gasteiger partial charge in [-0.2, -0.15) is 0 Å². The lowest BCUT2D eigenvalue weighted by Crippen LogP contribution is -2.36. The van der Waals surface area contributed by atoms with E-state index in [1.807, 2.05) is 50.2 Å². The number of hydrogen-bond acceptors (Lipinski definition) is 7. The topological polar surface area (TPSA) is 88.2 Å². The Balaban J connectivity index is 1.48. The third-order valence-electron chi connectivity index (χ3n) is 5.80. The van der Waals surface area contributed by atoms with Gasteiger partial charge in [-0.3, -0.25) is 19.3 Å². The number of anilines is 2. The van der Waals surface area contributed by atoms with Gasteiger partial charge in [-0.25, -0.2) is 0 Å². The Bertz CT molecular complexity index is 1140. The fraction of sp³-hybridized carbons (Fsp3) is 0.320. The fourth-order valence-corrected chi connectivity index (χ4v) is 4.78. The Morgan fingerprint density at radius 3 is 2.53 bits per heavy atom. The molecule has 2 aromatic rings. The molecule has 0 saturated carbocycles. The second-order valence-electron chi connectivity index (χ2n) is 8.11. The number of ether oxygens (including phenoxy) is 2. The standard InChI is InChI=1S/C25H27N3O5S/c1-16-5-4-6-17(2)23(16)26-22(29)15-28-24(30)21(34-25(28)31)13-18-7-8-19(14-20(18)32-3)27-9-11-33-12-10-27/h4-8,13-14H,9-12,15H2,1-3H3,(H,26,29)/b21-13-. The minimum absolute atomic E-state index is 0.252. The molecule has 2 heterocycles. The largest absolute Gasteiger partial charge is 0.496 e. The van der Waals surface area contributed by atoms with Crippen LogP contribution in [0.4, 0.5) is 16.2 Å². The second-order valence-corrected chi connectivity index (χ2v) is 9.10. The number of hydrogen-bond donors (Lipinski definition) is 1. The molecule has 4 rings (SSSR count). The zero-order valence-electron chi connectivity index (χ0n) is 19.4. The number of benzene rings is 2. The molecule has 0 atom stereocenters. The summed E-state index contributed by atoms with van der Waals surface area (Å²) in [5.74, 6) is -0.317. The summed E-state index contributed by atoms with van der Waals surface area (Å²) in [5.41, 5.74) is 4.21. The molecule has 1 N–H and O–H groups in total. The van der Waals surface area contributed by atoms with Crippen LogP contribution in [0.2, 0.25) is 0 Å². The highest BCUT2D eigenvalue weighted by Gasteiger charge is 2.36. The molecular weight excluding hydrogens is 454 g/mol. The summed E-state index contributed by atoms with van der Waals surface area (Å²) in [6.45, 7) is 6.38. The van der Waals surface area contributed by atoms with Crippen molar-refractivity contribution < 1.29 is 23.9 Å². The smallest absolute Gasteiger partial charge is 0.294 e. The van der Waals surface area contributed by atoms with Gasteiger partial charge in [-0.05, 0) is 54.9 Å². The predicted octanol–water partition coefficient (Wildman–Crippen LogP) is 3.82. The Morgan fingerprint density at radius 2 is 1.85 bits per heavy atom. The number of aryl methyl sites for hydroxylation is 2. The second kappa shape index (κ2) is 10.3. The maximum Gasteiger partial charge on any atom is 0.294 e. The first kappa shape index (κ1) is 23.8. The lowest BCUT2D eigenvalue weighted by atomic mass is 10.1. The van der Waals surface area contributed by atoms with Crippen molar-refractivity contribution in [2.24, 2.45) is 0 Å². The van der Waals surface area contributed by atoms with Crippen LogP contribution in [0, 0.1) is 13.8 Å². The van der Waals surface area contributed by atoms with Crippen molar-refractivity contribution in [3.05, 3.63) is 58.0 Å². The zero-order chi connectivity index (χ0) is 24.2. The van der Waals surface area contributed by atoms with E-state index in [0.29, 0.717) is 30.2 Å². The van der Waals surface area contributed by atoms with Crippen LogP contribution in [0.3, 0.4) is 0 Å². The molecule has 3 amide bonds. The molecule has 9 heteroatoms.